The summed E-state index contributed by atoms with van der Waals surface area (Å²) in [7, 11) is 0. The van der Waals surface area contributed by atoms with Gasteiger partial charge >= 0.3 is 0 Å². The molecule has 0 aliphatic heterocycles. The maximum atomic E-state index is 8.88. The van der Waals surface area contributed by atoms with E-state index < -0.39 is 0 Å². The molecule has 0 bridgehead atoms. The van der Waals surface area contributed by atoms with E-state index in [1.165, 1.54) is 31.9 Å². The summed E-state index contributed by atoms with van der Waals surface area (Å²) in [5, 5.41) is 8.88. The quantitative estimate of drug-likeness (QED) is 0.270. The molecule has 0 atom stereocenters. The van der Waals surface area contributed by atoms with Crippen molar-refractivity contribution in [2.24, 2.45) is 0 Å². The van der Waals surface area contributed by atoms with Gasteiger partial charge in [0.05, 0.1) is 31.1 Å². The van der Waals surface area contributed by atoms with Gasteiger partial charge in [-0.2, -0.15) is 5.26 Å². The molecule has 0 aliphatic carbocycles. The van der Waals surface area contributed by atoms with Gasteiger partial charge in [-0.1, -0.05) is 56.5 Å². The van der Waals surface area contributed by atoms with Gasteiger partial charge in [0.15, 0.2) is 0 Å². The predicted octanol–water partition coefficient (Wildman–Crippen LogP) is 6.12. The summed E-state index contributed by atoms with van der Waals surface area (Å²) in [6, 6.07) is 17.9. The molecule has 0 unspecified atom stereocenters. The molecule has 0 spiro atoms. The molecule has 4 heteroatoms. The van der Waals surface area contributed by atoms with Crippen LogP contribution in [0.4, 0.5) is 0 Å². The lowest BCUT2D eigenvalue weighted by molar-refractivity contribution is 0.0826. The largest absolute Gasteiger partial charge is 0.499 e. The molecular weight excluding hydrogens is 362 g/mol. The Balaban J connectivity index is 1.50. The van der Waals surface area contributed by atoms with E-state index in [4.69, 9.17) is 19.5 Å². The van der Waals surface area contributed by atoms with E-state index in [1.54, 1.807) is 0 Å². The monoisotopic (exact) mass is 393 g/mol. The van der Waals surface area contributed by atoms with E-state index in [-0.39, 0.29) is 0 Å². The third-order valence-corrected chi connectivity index (χ3v) is 4.62. The first-order chi connectivity index (χ1) is 14.3. The zero-order valence-electron chi connectivity index (χ0n) is 17.1. The zero-order chi connectivity index (χ0) is 20.6. The molecule has 2 aromatic rings. The average Bonchev–Trinajstić information content (AvgIpc) is 2.77. The molecule has 0 N–H and O–H groups in total. The maximum Gasteiger partial charge on any atom is 0.119 e. The van der Waals surface area contributed by atoms with E-state index in [0.29, 0.717) is 18.8 Å². The van der Waals surface area contributed by atoms with Crippen LogP contribution in [0.3, 0.4) is 0 Å². The number of nitriles is 1. The smallest absolute Gasteiger partial charge is 0.119 e. The Morgan fingerprint density at radius 3 is 1.93 bits per heavy atom. The van der Waals surface area contributed by atoms with Crippen LogP contribution in [0.25, 0.3) is 11.1 Å². The summed E-state index contributed by atoms with van der Waals surface area (Å²) in [5.74, 6) is 0.903. The highest BCUT2D eigenvalue weighted by atomic mass is 16.5. The molecule has 4 nitrogen and oxygen atoms in total. The standard InChI is InChI=1S/C25H31NO3/c1-2-27-19-20-28-17-7-5-3-4-6-8-18-29-25-15-13-24(14-16-25)23-11-9-22(21-26)10-12-23/h2,9-16H,1,3-8,17-20H2. The molecule has 0 aliphatic rings. The van der Waals surface area contributed by atoms with Gasteiger partial charge in [-0.25, -0.2) is 0 Å². The van der Waals surface area contributed by atoms with Crippen LogP contribution in [-0.4, -0.2) is 26.4 Å². The number of unbranched alkanes of at least 4 members (excludes halogenated alkanes) is 5. The molecule has 0 fully saturated rings. The lowest BCUT2D eigenvalue weighted by Gasteiger charge is -2.08. The molecule has 2 aromatic carbocycles. The highest BCUT2D eigenvalue weighted by molar-refractivity contribution is 5.64. The van der Waals surface area contributed by atoms with Crippen LogP contribution in [0.1, 0.15) is 44.1 Å². The minimum atomic E-state index is 0.585. The van der Waals surface area contributed by atoms with Crippen LogP contribution < -0.4 is 4.74 Å². The summed E-state index contributed by atoms with van der Waals surface area (Å²) < 4.78 is 16.3. The van der Waals surface area contributed by atoms with Crippen LogP contribution in [0.5, 0.6) is 5.75 Å². The Morgan fingerprint density at radius 2 is 1.31 bits per heavy atom. The molecule has 154 valence electrons. The van der Waals surface area contributed by atoms with Crippen molar-refractivity contribution in [3.05, 3.63) is 66.9 Å². The molecule has 0 amide bonds. The lowest BCUT2D eigenvalue weighted by Crippen LogP contribution is -2.02. The van der Waals surface area contributed by atoms with Crippen molar-refractivity contribution in [1.82, 2.24) is 0 Å². The third kappa shape index (κ3) is 9.32. The van der Waals surface area contributed by atoms with Gasteiger partial charge in [0.1, 0.15) is 12.4 Å². The van der Waals surface area contributed by atoms with Crippen LogP contribution in [0.2, 0.25) is 0 Å². The Hall–Kier alpha value is -2.77. The molecule has 2 rings (SSSR count). The highest BCUT2D eigenvalue weighted by Crippen LogP contribution is 2.23. The number of rotatable bonds is 15. The summed E-state index contributed by atoms with van der Waals surface area (Å²) in [5.41, 5.74) is 2.90. The predicted molar refractivity (Wildman–Crippen MR) is 117 cm³/mol. The number of ether oxygens (including phenoxy) is 3. The number of benzene rings is 2. The van der Waals surface area contributed by atoms with Crippen LogP contribution in [0.15, 0.2) is 61.4 Å². The molecule has 0 heterocycles. The van der Waals surface area contributed by atoms with Crippen molar-refractivity contribution in [1.29, 1.82) is 5.26 Å². The number of hydrogen-bond acceptors (Lipinski definition) is 4. The Kier molecular flexibility index (Phi) is 11.1. The first-order valence-electron chi connectivity index (χ1n) is 10.4. The minimum absolute atomic E-state index is 0.585. The van der Waals surface area contributed by atoms with Crippen molar-refractivity contribution >= 4 is 0 Å². The van der Waals surface area contributed by atoms with Crippen molar-refractivity contribution in [3.63, 3.8) is 0 Å². The average molecular weight is 394 g/mol. The molecule has 29 heavy (non-hydrogen) atoms. The highest BCUT2D eigenvalue weighted by Gasteiger charge is 2.00. The summed E-state index contributed by atoms with van der Waals surface area (Å²) in [6.45, 7) is 6.27. The summed E-state index contributed by atoms with van der Waals surface area (Å²) >= 11 is 0. The Morgan fingerprint density at radius 1 is 0.724 bits per heavy atom. The van der Waals surface area contributed by atoms with Gasteiger partial charge in [-0.05, 0) is 48.2 Å². The third-order valence-electron chi connectivity index (χ3n) is 4.62. The lowest BCUT2D eigenvalue weighted by atomic mass is 10.0. The van der Waals surface area contributed by atoms with Crippen molar-refractivity contribution in [2.75, 3.05) is 26.4 Å². The van der Waals surface area contributed by atoms with Gasteiger partial charge in [0.25, 0.3) is 0 Å². The molecule has 0 radical (unpaired) electrons. The minimum Gasteiger partial charge on any atom is -0.499 e. The second-order valence-corrected chi connectivity index (χ2v) is 6.83. The normalized spacial score (nSPS) is 10.3. The van der Waals surface area contributed by atoms with Gasteiger partial charge < -0.3 is 14.2 Å². The zero-order valence-corrected chi connectivity index (χ0v) is 17.1. The topological polar surface area (TPSA) is 51.5 Å². The fourth-order valence-corrected chi connectivity index (χ4v) is 2.98. The molecule has 0 saturated carbocycles. The van der Waals surface area contributed by atoms with Crippen molar-refractivity contribution in [2.45, 2.75) is 38.5 Å². The molecular formula is C25H31NO3. The van der Waals surface area contributed by atoms with E-state index in [1.807, 2.05) is 36.4 Å². The first-order valence-corrected chi connectivity index (χ1v) is 10.4. The number of nitrogens with zero attached hydrogens (tertiary/aromatic N) is 1. The Labute approximate surface area is 174 Å². The van der Waals surface area contributed by atoms with Gasteiger partial charge in [-0.3, -0.25) is 0 Å². The fraction of sp³-hybridized carbons (Fsp3) is 0.400. The van der Waals surface area contributed by atoms with E-state index in [9.17, 15) is 0 Å². The Bertz CT molecular complexity index is 732. The second-order valence-electron chi connectivity index (χ2n) is 6.83. The van der Waals surface area contributed by atoms with Crippen molar-refractivity contribution < 1.29 is 14.2 Å². The fourth-order valence-electron chi connectivity index (χ4n) is 2.98. The number of hydrogen-bond donors (Lipinski definition) is 0. The second kappa shape index (κ2) is 14.3. The molecule has 0 aromatic heterocycles. The SMILES string of the molecule is C=COCCOCCCCCCCCOc1ccc(-c2ccc(C#N)cc2)cc1. The van der Waals surface area contributed by atoms with E-state index >= 15 is 0 Å². The summed E-state index contributed by atoms with van der Waals surface area (Å²) in [6.07, 6.45) is 8.51. The first kappa shape index (κ1) is 22.5. The van der Waals surface area contributed by atoms with E-state index in [2.05, 4.69) is 24.8 Å². The molecule has 0 saturated heterocycles. The van der Waals surface area contributed by atoms with Crippen molar-refractivity contribution in [3.8, 4) is 22.9 Å². The van der Waals surface area contributed by atoms with E-state index in [0.717, 1.165) is 42.9 Å². The van der Waals surface area contributed by atoms with Gasteiger partial charge in [-0.15, -0.1) is 0 Å². The van der Waals surface area contributed by atoms with Gasteiger partial charge in [0.2, 0.25) is 0 Å². The van der Waals surface area contributed by atoms with Crippen LogP contribution in [0, 0.1) is 11.3 Å². The summed E-state index contributed by atoms with van der Waals surface area (Å²) in [4.78, 5) is 0. The van der Waals surface area contributed by atoms with Crippen LogP contribution >= 0.6 is 0 Å². The maximum absolute atomic E-state index is 8.88. The van der Waals surface area contributed by atoms with Crippen LogP contribution in [-0.2, 0) is 9.47 Å². The van der Waals surface area contributed by atoms with Gasteiger partial charge in [0, 0.05) is 6.61 Å².